The number of nitrogens with one attached hydrogen (secondary N) is 1. The summed E-state index contributed by atoms with van der Waals surface area (Å²) < 4.78 is 43.0. The van der Waals surface area contributed by atoms with E-state index in [4.69, 9.17) is 11.6 Å². The predicted molar refractivity (Wildman–Crippen MR) is 70.7 cm³/mol. The highest BCUT2D eigenvalue weighted by Gasteiger charge is 2.34. The maximum absolute atomic E-state index is 12.8. The van der Waals surface area contributed by atoms with E-state index in [9.17, 15) is 18.0 Å². The van der Waals surface area contributed by atoms with Crippen molar-refractivity contribution in [2.45, 2.75) is 13.1 Å². The summed E-state index contributed by atoms with van der Waals surface area (Å²) in [6, 6.07) is 3.52. The first-order valence-electron chi connectivity index (χ1n) is 5.79. The van der Waals surface area contributed by atoms with Gasteiger partial charge in [-0.25, -0.2) is 4.79 Å². The van der Waals surface area contributed by atoms with Gasteiger partial charge in [-0.3, -0.25) is 0 Å². The van der Waals surface area contributed by atoms with Crippen LogP contribution in [0.1, 0.15) is 12.5 Å². The summed E-state index contributed by atoms with van der Waals surface area (Å²) in [7, 11) is 0. The number of anilines is 1. The van der Waals surface area contributed by atoms with Crippen molar-refractivity contribution in [2.75, 3.05) is 18.5 Å². The summed E-state index contributed by atoms with van der Waals surface area (Å²) in [4.78, 5) is 11.0. The first kappa shape index (κ1) is 16.4. The standard InChI is InChI=1S/C13H13ClF3NO2/c1-2-20-11(19)7-4-8-18-12-9(13(15,16)17)5-3-6-10(12)14/h3-7,18H,2,8H2,1H3/b7-4+. The zero-order chi connectivity index (χ0) is 15.2. The molecule has 0 radical (unpaired) electrons. The molecule has 1 rings (SSSR count). The second-order valence-corrected chi connectivity index (χ2v) is 4.10. The van der Waals surface area contributed by atoms with Crippen molar-refractivity contribution in [1.82, 2.24) is 0 Å². The highest BCUT2D eigenvalue weighted by molar-refractivity contribution is 6.33. The number of carbonyl (C=O) groups excluding carboxylic acids is 1. The lowest BCUT2D eigenvalue weighted by Gasteiger charge is -2.14. The number of carbonyl (C=O) groups is 1. The number of para-hydroxylation sites is 1. The summed E-state index contributed by atoms with van der Waals surface area (Å²) in [5.74, 6) is -0.551. The van der Waals surface area contributed by atoms with Crippen molar-refractivity contribution >= 4 is 23.3 Å². The van der Waals surface area contributed by atoms with Crippen molar-refractivity contribution in [3.63, 3.8) is 0 Å². The zero-order valence-corrected chi connectivity index (χ0v) is 11.4. The smallest absolute Gasteiger partial charge is 0.418 e. The van der Waals surface area contributed by atoms with Gasteiger partial charge in [0.25, 0.3) is 0 Å². The maximum atomic E-state index is 12.8. The highest BCUT2D eigenvalue weighted by atomic mass is 35.5. The SMILES string of the molecule is CCOC(=O)/C=C/CNc1c(Cl)cccc1C(F)(F)F. The number of benzene rings is 1. The molecule has 20 heavy (non-hydrogen) atoms. The Bertz CT molecular complexity index is 501. The lowest BCUT2D eigenvalue weighted by Crippen LogP contribution is -2.11. The van der Waals surface area contributed by atoms with E-state index in [1.54, 1.807) is 6.92 Å². The van der Waals surface area contributed by atoms with Crippen LogP contribution in [0.15, 0.2) is 30.4 Å². The second kappa shape index (κ2) is 7.19. The monoisotopic (exact) mass is 307 g/mol. The van der Waals surface area contributed by atoms with Crippen molar-refractivity contribution in [2.24, 2.45) is 0 Å². The summed E-state index contributed by atoms with van der Waals surface area (Å²) in [6.07, 6.45) is -2.00. The Labute approximate surface area is 119 Å². The Morgan fingerprint density at radius 1 is 1.45 bits per heavy atom. The van der Waals surface area contributed by atoms with Gasteiger partial charge in [0.2, 0.25) is 0 Å². The van der Waals surface area contributed by atoms with Gasteiger partial charge in [-0.05, 0) is 19.1 Å². The number of halogens is 4. The number of alkyl halides is 3. The average molecular weight is 308 g/mol. The van der Waals surface area contributed by atoms with Crippen molar-refractivity contribution in [3.8, 4) is 0 Å². The van der Waals surface area contributed by atoms with Gasteiger partial charge in [-0.15, -0.1) is 0 Å². The minimum Gasteiger partial charge on any atom is -0.463 e. The summed E-state index contributed by atoms with van der Waals surface area (Å²) in [5.41, 5.74) is -1.07. The number of hydrogen-bond acceptors (Lipinski definition) is 3. The summed E-state index contributed by atoms with van der Waals surface area (Å²) in [6.45, 7) is 1.91. The van der Waals surface area contributed by atoms with Crippen LogP contribution in [0.4, 0.5) is 18.9 Å². The lowest BCUT2D eigenvalue weighted by atomic mass is 10.1. The molecule has 0 unspecified atom stereocenters. The van der Waals surface area contributed by atoms with E-state index in [-0.39, 0.29) is 23.9 Å². The first-order valence-corrected chi connectivity index (χ1v) is 6.17. The fourth-order valence-corrected chi connectivity index (χ4v) is 1.69. The number of hydrogen-bond donors (Lipinski definition) is 1. The van der Waals surface area contributed by atoms with Gasteiger partial charge in [0.15, 0.2) is 0 Å². The van der Waals surface area contributed by atoms with E-state index < -0.39 is 17.7 Å². The van der Waals surface area contributed by atoms with E-state index >= 15 is 0 Å². The molecule has 0 aliphatic carbocycles. The van der Waals surface area contributed by atoms with Gasteiger partial charge in [0, 0.05) is 12.6 Å². The molecule has 1 aromatic rings. The molecule has 0 saturated carbocycles. The Hall–Kier alpha value is -1.69. The average Bonchev–Trinajstić information content (AvgIpc) is 2.35. The molecule has 0 aromatic heterocycles. The molecule has 0 saturated heterocycles. The molecule has 0 atom stereocenters. The van der Waals surface area contributed by atoms with Gasteiger partial charge < -0.3 is 10.1 Å². The Morgan fingerprint density at radius 2 is 2.15 bits per heavy atom. The maximum Gasteiger partial charge on any atom is 0.418 e. The first-order chi connectivity index (χ1) is 9.36. The van der Waals surface area contributed by atoms with E-state index in [1.165, 1.54) is 18.2 Å². The molecule has 0 fully saturated rings. The molecular weight excluding hydrogens is 295 g/mol. The molecule has 0 amide bonds. The molecule has 0 heterocycles. The summed E-state index contributed by atoms with van der Waals surface area (Å²) in [5, 5.41) is 2.50. The molecule has 0 aliphatic rings. The van der Waals surface area contributed by atoms with Crippen LogP contribution in [0.3, 0.4) is 0 Å². The van der Waals surface area contributed by atoms with Crippen molar-refractivity contribution < 1.29 is 22.7 Å². The Kier molecular flexibility index (Phi) is 5.88. The molecule has 0 bridgehead atoms. The largest absolute Gasteiger partial charge is 0.463 e. The van der Waals surface area contributed by atoms with Crippen molar-refractivity contribution in [1.29, 1.82) is 0 Å². The van der Waals surface area contributed by atoms with Gasteiger partial charge in [0.1, 0.15) is 0 Å². The molecule has 110 valence electrons. The third-order valence-corrected chi connectivity index (χ3v) is 2.57. The van der Waals surface area contributed by atoms with E-state index in [0.29, 0.717) is 0 Å². The molecule has 7 heteroatoms. The van der Waals surface area contributed by atoms with Crippen LogP contribution in [-0.4, -0.2) is 19.1 Å². The molecule has 1 aromatic carbocycles. The van der Waals surface area contributed by atoms with E-state index in [0.717, 1.165) is 12.1 Å². The quantitative estimate of drug-likeness (QED) is 0.662. The highest BCUT2D eigenvalue weighted by Crippen LogP contribution is 2.38. The van der Waals surface area contributed by atoms with Crippen molar-refractivity contribution in [3.05, 3.63) is 40.9 Å². The fourth-order valence-electron chi connectivity index (χ4n) is 1.45. The zero-order valence-electron chi connectivity index (χ0n) is 10.6. The Morgan fingerprint density at radius 3 is 2.75 bits per heavy atom. The molecule has 3 nitrogen and oxygen atoms in total. The molecule has 1 N–H and O–H groups in total. The van der Waals surface area contributed by atoms with E-state index in [2.05, 4.69) is 10.1 Å². The minimum atomic E-state index is -4.50. The minimum absolute atomic E-state index is 0.0195. The molecule has 0 aliphatic heterocycles. The van der Waals surface area contributed by atoms with Crippen LogP contribution in [-0.2, 0) is 15.7 Å². The van der Waals surface area contributed by atoms with Crippen LogP contribution < -0.4 is 5.32 Å². The van der Waals surface area contributed by atoms with Crippen LogP contribution in [0.5, 0.6) is 0 Å². The number of rotatable bonds is 5. The van der Waals surface area contributed by atoms with Gasteiger partial charge in [-0.1, -0.05) is 23.7 Å². The lowest BCUT2D eigenvalue weighted by molar-refractivity contribution is -0.138. The Balaban J connectivity index is 2.76. The van der Waals surface area contributed by atoms with Crippen LogP contribution >= 0.6 is 11.6 Å². The van der Waals surface area contributed by atoms with Crippen LogP contribution in [0.2, 0.25) is 5.02 Å². The normalized spacial score (nSPS) is 11.7. The molecule has 0 spiro atoms. The van der Waals surface area contributed by atoms with E-state index in [1.807, 2.05) is 0 Å². The second-order valence-electron chi connectivity index (χ2n) is 3.70. The predicted octanol–water partition coefficient (Wildman–Crippen LogP) is 3.89. The van der Waals surface area contributed by atoms with Gasteiger partial charge in [0.05, 0.1) is 22.9 Å². The van der Waals surface area contributed by atoms with Gasteiger partial charge >= 0.3 is 12.1 Å². The molecular formula is C13H13ClF3NO2. The van der Waals surface area contributed by atoms with Crippen LogP contribution in [0, 0.1) is 0 Å². The topological polar surface area (TPSA) is 38.3 Å². The van der Waals surface area contributed by atoms with Crippen LogP contribution in [0.25, 0.3) is 0 Å². The number of ether oxygens (including phenoxy) is 1. The third kappa shape index (κ3) is 4.77. The summed E-state index contributed by atoms with van der Waals surface area (Å²) >= 11 is 5.75. The number of esters is 1. The van der Waals surface area contributed by atoms with Gasteiger partial charge in [-0.2, -0.15) is 13.2 Å². The third-order valence-electron chi connectivity index (χ3n) is 2.26. The fraction of sp³-hybridized carbons (Fsp3) is 0.308.